The molecular weight excluding hydrogens is 240 g/mol. The molecule has 18 heavy (non-hydrogen) atoms. The molecule has 102 valence electrons. The fourth-order valence-electron chi connectivity index (χ4n) is 1.75. The second-order valence-electron chi connectivity index (χ2n) is 4.77. The zero-order valence-corrected chi connectivity index (χ0v) is 12.6. The van der Waals surface area contributed by atoms with Gasteiger partial charge in [-0.05, 0) is 57.2 Å². The minimum atomic E-state index is 0.657. The van der Waals surface area contributed by atoms with Crippen LogP contribution in [-0.2, 0) is 6.42 Å². The summed E-state index contributed by atoms with van der Waals surface area (Å²) in [6, 6.07) is 8.97. The molecule has 0 aromatic heterocycles. The van der Waals surface area contributed by atoms with E-state index in [1.165, 1.54) is 16.9 Å². The van der Waals surface area contributed by atoms with Crippen molar-refractivity contribution in [2.75, 3.05) is 26.7 Å². The largest absolute Gasteiger partial charge is 0.320 e. The van der Waals surface area contributed by atoms with E-state index < -0.39 is 0 Å². The summed E-state index contributed by atoms with van der Waals surface area (Å²) in [6.07, 6.45) is 2.31. The molecule has 0 aliphatic rings. The third-order valence-corrected chi connectivity index (χ3v) is 3.68. The van der Waals surface area contributed by atoms with Crippen LogP contribution in [0.1, 0.15) is 25.8 Å². The highest BCUT2D eigenvalue weighted by Gasteiger charge is 1.98. The topological polar surface area (TPSA) is 24.1 Å². The van der Waals surface area contributed by atoms with Crippen LogP contribution in [0.2, 0.25) is 0 Å². The number of benzene rings is 1. The molecule has 0 aliphatic carbocycles. The van der Waals surface area contributed by atoms with E-state index in [1.807, 2.05) is 18.8 Å². The van der Waals surface area contributed by atoms with Gasteiger partial charge in [0.25, 0.3) is 0 Å². The predicted molar refractivity (Wildman–Crippen MR) is 82.6 cm³/mol. The summed E-state index contributed by atoms with van der Waals surface area (Å²) < 4.78 is 0. The zero-order valence-electron chi connectivity index (χ0n) is 11.8. The summed E-state index contributed by atoms with van der Waals surface area (Å²) in [5, 5.41) is 7.28. The molecule has 2 nitrogen and oxygen atoms in total. The maximum Gasteiger partial charge on any atom is 0.00747 e. The molecule has 0 radical (unpaired) electrons. The Morgan fingerprint density at radius 1 is 1.06 bits per heavy atom. The monoisotopic (exact) mass is 266 g/mol. The van der Waals surface area contributed by atoms with Gasteiger partial charge in [-0.15, -0.1) is 11.8 Å². The molecule has 1 aromatic rings. The van der Waals surface area contributed by atoms with Gasteiger partial charge in [-0.25, -0.2) is 0 Å². The van der Waals surface area contributed by atoms with Crippen molar-refractivity contribution < 1.29 is 0 Å². The fraction of sp³-hybridized carbons (Fsp3) is 0.600. The van der Waals surface area contributed by atoms with Gasteiger partial charge in [0.15, 0.2) is 0 Å². The van der Waals surface area contributed by atoms with Crippen molar-refractivity contribution in [3.8, 4) is 0 Å². The van der Waals surface area contributed by atoms with Gasteiger partial charge in [-0.1, -0.05) is 26.0 Å². The minimum absolute atomic E-state index is 0.657. The van der Waals surface area contributed by atoms with Crippen LogP contribution in [0.25, 0.3) is 0 Å². The Morgan fingerprint density at radius 3 is 2.39 bits per heavy atom. The van der Waals surface area contributed by atoms with Crippen LogP contribution < -0.4 is 10.6 Å². The molecule has 0 saturated heterocycles. The van der Waals surface area contributed by atoms with Gasteiger partial charge >= 0.3 is 0 Å². The van der Waals surface area contributed by atoms with Crippen LogP contribution in [0.4, 0.5) is 0 Å². The summed E-state index contributed by atoms with van der Waals surface area (Å²) >= 11 is 1.92. The van der Waals surface area contributed by atoms with Gasteiger partial charge < -0.3 is 10.6 Å². The molecule has 0 heterocycles. The van der Waals surface area contributed by atoms with Crippen LogP contribution in [0.15, 0.2) is 29.2 Å². The molecule has 0 fully saturated rings. The highest BCUT2D eigenvalue weighted by Crippen LogP contribution is 2.22. The Bertz CT molecular complexity index is 309. The van der Waals surface area contributed by atoms with Crippen LogP contribution >= 0.6 is 11.8 Å². The van der Waals surface area contributed by atoms with E-state index in [0.29, 0.717) is 5.25 Å². The van der Waals surface area contributed by atoms with E-state index in [9.17, 15) is 0 Å². The lowest BCUT2D eigenvalue weighted by Gasteiger charge is -2.07. The first kappa shape index (κ1) is 15.5. The van der Waals surface area contributed by atoms with Crippen molar-refractivity contribution in [1.82, 2.24) is 10.6 Å². The Kier molecular flexibility index (Phi) is 8.14. The van der Waals surface area contributed by atoms with Gasteiger partial charge in [0.1, 0.15) is 0 Å². The first-order valence-corrected chi connectivity index (χ1v) is 7.71. The number of thioether (sulfide) groups is 1. The van der Waals surface area contributed by atoms with Gasteiger partial charge in [-0.2, -0.15) is 0 Å². The summed E-state index contributed by atoms with van der Waals surface area (Å²) in [7, 11) is 2.00. The van der Waals surface area contributed by atoms with Crippen molar-refractivity contribution in [2.24, 2.45) is 0 Å². The molecule has 1 aromatic carbocycles. The molecule has 1 rings (SSSR count). The van der Waals surface area contributed by atoms with Crippen LogP contribution in [0.3, 0.4) is 0 Å². The highest BCUT2D eigenvalue weighted by atomic mass is 32.2. The molecule has 2 N–H and O–H groups in total. The number of nitrogens with one attached hydrogen (secondary N) is 2. The molecule has 0 amide bonds. The summed E-state index contributed by atoms with van der Waals surface area (Å²) in [6.45, 7) is 7.72. The van der Waals surface area contributed by atoms with E-state index in [-0.39, 0.29) is 0 Å². The molecule has 0 unspecified atom stereocenters. The van der Waals surface area contributed by atoms with E-state index in [4.69, 9.17) is 0 Å². The third kappa shape index (κ3) is 7.04. The minimum Gasteiger partial charge on any atom is -0.320 e. The maximum absolute atomic E-state index is 3.47. The Morgan fingerprint density at radius 2 is 1.78 bits per heavy atom. The Hall–Kier alpha value is -0.510. The number of hydrogen-bond donors (Lipinski definition) is 2. The molecule has 0 bridgehead atoms. The normalized spacial score (nSPS) is 11.1. The van der Waals surface area contributed by atoms with Crippen molar-refractivity contribution in [3.63, 3.8) is 0 Å². The number of rotatable bonds is 9. The predicted octanol–water partition coefficient (Wildman–Crippen LogP) is 2.93. The fourth-order valence-corrected chi connectivity index (χ4v) is 2.59. The smallest absolute Gasteiger partial charge is 0.00747 e. The van der Waals surface area contributed by atoms with Crippen LogP contribution in [-0.4, -0.2) is 31.9 Å². The zero-order chi connectivity index (χ0) is 13.2. The van der Waals surface area contributed by atoms with Crippen molar-refractivity contribution in [2.45, 2.75) is 36.8 Å². The Labute approximate surface area is 116 Å². The van der Waals surface area contributed by atoms with Gasteiger partial charge in [0.05, 0.1) is 0 Å². The first-order chi connectivity index (χ1) is 8.72. The van der Waals surface area contributed by atoms with Crippen molar-refractivity contribution in [1.29, 1.82) is 0 Å². The summed E-state index contributed by atoms with van der Waals surface area (Å²) in [5.74, 6) is 0. The first-order valence-electron chi connectivity index (χ1n) is 6.83. The molecule has 0 atom stereocenters. The van der Waals surface area contributed by atoms with Crippen LogP contribution in [0, 0.1) is 0 Å². The van der Waals surface area contributed by atoms with E-state index in [0.717, 1.165) is 26.1 Å². The average molecular weight is 266 g/mol. The van der Waals surface area contributed by atoms with Gasteiger partial charge in [0.2, 0.25) is 0 Å². The molecule has 3 heteroatoms. The van der Waals surface area contributed by atoms with E-state index in [2.05, 4.69) is 48.7 Å². The average Bonchev–Trinajstić information content (AvgIpc) is 2.35. The molecule has 0 spiro atoms. The quantitative estimate of drug-likeness (QED) is 0.531. The van der Waals surface area contributed by atoms with Gasteiger partial charge in [0, 0.05) is 10.1 Å². The lowest BCUT2D eigenvalue weighted by molar-refractivity contribution is 0.625. The molecule has 0 aliphatic heterocycles. The van der Waals surface area contributed by atoms with Crippen molar-refractivity contribution in [3.05, 3.63) is 29.8 Å². The second kappa shape index (κ2) is 9.42. The van der Waals surface area contributed by atoms with E-state index >= 15 is 0 Å². The highest BCUT2D eigenvalue weighted by molar-refractivity contribution is 7.99. The SMILES string of the molecule is CNCCCNCCc1ccc(SC(C)C)cc1. The maximum atomic E-state index is 3.47. The van der Waals surface area contributed by atoms with Crippen LogP contribution in [0.5, 0.6) is 0 Å². The van der Waals surface area contributed by atoms with E-state index in [1.54, 1.807) is 0 Å². The lowest BCUT2D eigenvalue weighted by Crippen LogP contribution is -2.21. The lowest BCUT2D eigenvalue weighted by atomic mass is 10.1. The third-order valence-electron chi connectivity index (χ3n) is 2.67. The summed E-state index contributed by atoms with van der Waals surface area (Å²) in [5.41, 5.74) is 1.42. The van der Waals surface area contributed by atoms with Gasteiger partial charge in [-0.3, -0.25) is 0 Å². The summed E-state index contributed by atoms with van der Waals surface area (Å²) in [4.78, 5) is 1.37. The standard InChI is InChI=1S/C15H26N2S/c1-13(2)18-15-7-5-14(6-8-15)9-12-17-11-4-10-16-3/h5-8,13,16-17H,4,9-12H2,1-3H3. The van der Waals surface area contributed by atoms with Crippen molar-refractivity contribution >= 4 is 11.8 Å². The molecular formula is C15H26N2S. The Balaban J connectivity index is 2.18. The second-order valence-corrected chi connectivity index (χ2v) is 6.42. The number of hydrogen-bond acceptors (Lipinski definition) is 3. The molecule has 0 saturated carbocycles.